The molecule has 0 saturated heterocycles. The smallest absolute Gasteiger partial charge is 0.251 e. The Morgan fingerprint density at radius 3 is 2.50 bits per heavy atom. The first-order valence-electron chi connectivity index (χ1n) is 12.5. The molecule has 3 aromatic carbocycles. The minimum Gasteiger partial charge on any atom is -0.390 e. The topological polar surface area (TPSA) is 74.2 Å². The highest BCUT2D eigenvalue weighted by molar-refractivity contribution is 5.95. The van der Waals surface area contributed by atoms with E-state index in [1.807, 2.05) is 66.9 Å². The first-order chi connectivity index (χ1) is 17.7. The summed E-state index contributed by atoms with van der Waals surface area (Å²) in [6.45, 7) is 1.66. The van der Waals surface area contributed by atoms with Crippen LogP contribution in [0.3, 0.4) is 0 Å². The van der Waals surface area contributed by atoms with Crippen molar-refractivity contribution in [2.75, 3.05) is 6.54 Å². The second-order valence-corrected chi connectivity index (χ2v) is 9.34. The normalized spacial score (nSPS) is 16.5. The number of nitrogens with zero attached hydrogens (tertiary/aromatic N) is 1. The fraction of sp³-hybridized carbons (Fsp3) is 0.226. The first-order valence-corrected chi connectivity index (χ1v) is 12.5. The molecule has 1 aromatic heterocycles. The number of carbonyl (C=O) groups is 1. The number of carbonyl (C=O) groups excluding carboxylic acids is 1. The predicted molar refractivity (Wildman–Crippen MR) is 143 cm³/mol. The number of aliphatic hydroxyl groups is 1. The van der Waals surface area contributed by atoms with Crippen LogP contribution in [0.4, 0.5) is 0 Å². The molecule has 1 aliphatic rings. The molecule has 3 N–H and O–H groups in total. The molecule has 1 amide bonds. The van der Waals surface area contributed by atoms with E-state index in [4.69, 9.17) is 0 Å². The number of fused-ring (bicyclic) bond motifs is 1. The molecule has 0 bridgehead atoms. The Balaban J connectivity index is 1.18. The summed E-state index contributed by atoms with van der Waals surface area (Å²) < 4.78 is 0. The van der Waals surface area contributed by atoms with Crippen molar-refractivity contribution in [1.29, 1.82) is 0 Å². The van der Waals surface area contributed by atoms with Gasteiger partial charge >= 0.3 is 0 Å². The molecule has 0 aliphatic heterocycles. The third-order valence-electron chi connectivity index (χ3n) is 6.77. The fourth-order valence-corrected chi connectivity index (χ4v) is 4.82. The van der Waals surface area contributed by atoms with Gasteiger partial charge in [-0.1, -0.05) is 66.7 Å². The van der Waals surface area contributed by atoms with E-state index in [-0.39, 0.29) is 5.91 Å². The second-order valence-electron chi connectivity index (χ2n) is 9.34. The molecule has 0 spiro atoms. The highest BCUT2D eigenvalue weighted by Crippen LogP contribution is 2.32. The Bertz CT molecular complexity index is 1290. The Hall–Kier alpha value is -3.80. The van der Waals surface area contributed by atoms with Crippen molar-refractivity contribution in [3.05, 3.63) is 125 Å². The zero-order valence-electron chi connectivity index (χ0n) is 20.2. The highest BCUT2D eigenvalue weighted by Gasteiger charge is 2.32. The molecule has 5 nitrogen and oxygen atoms in total. The number of pyridine rings is 1. The zero-order valence-corrected chi connectivity index (χ0v) is 20.2. The summed E-state index contributed by atoms with van der Waals surface area (Å²) in [6.07, 6.45) is 5.66. The number of hydrogen-bond acceptors (Lipinski definition) is 4. The molecule has 0 fully saturated rings. The Morgan fingerprint density at radius 2 is 1.72 bits per heavy atom. The zero-order chi connectivity index (χ0) is 24.7. The maximum atomic E-state index is 13.0. The third kappa shape index (κ3) is 5.70. The summed E-state index contributed by atoms with van der Waals surface area (Å²) in [4.78, 5) is 17.2. The van der Waals surface area contributed by atoms with Gasteiger partial charge in [-0.05, 0) is 71.0 Å². The van der Waals surface area contributed by atoms with Crippen LogP contribution in [0, 0.1) is 0 Å². The summed E-state index contributed by atoms with van der Waals surface area (Å²) in [5.74, 6) is -0.176. The van der Waals surface area contributed by atoms with Crippen molar-refractivity contribution >= 4 is 5.91 Å². The van der Waals surface area contributed by atoms with Crippen molar-refractivity contribution < 1.29 is 9.90 Å². The molecular formula is C31H31N3O2. The average molecular weight is 478 g/mol. The molecule has 4 aromatic rings. The molecule has 2 atom stereocenters. The third-order valence-corrected chi connectivity index (χ3v) is 6.77. The summed E-state index contributed by atoms with van der Waals surface area (Å²) in [6, 6.07) is 27.6. The number of benzene rings is 3. The van der Waals surface area contributed by atoms with Crippen LogP contribution in [0.1, 0.15) is 45.1 Å². The predicted octanol–water partition coefficient (Wildman–Crippen LogP) is 4.86. The van der Waals surface area contributed by atoms with E-state index in [9.17, 15) is 9.90 Å². The fourth-order valence-electron chi connectivity index (χ4n) is 4.82. The van der Waals surface area contributed by atoms with E-state index >= 15 is 0 Å². The lowest BCUT2D eigenvalue weighted by atomic mass is 10.0. The lowest BCUT2D eigenvalue weighted by Gasteiger charge is -2.19. The van der Waals surface area contributed by atoms with Gasteiger partial charge in [-0.25, -0.2) is 0 Å². The van der Waals surface area contributed by atoms with Crippen molar-refractivity contribution in [3.8, 4) is 11.1 Å². The first kappa shape index (κ1) is 23.9. The molecule has 5 heteroatoms. The lowest BCUT2D eigenvalue weighted by Crippen LogP contribution is -2.33. The maximum Gasteiger partial charge on any atom is 0.251 e. The number of nitrogens with one attached hydrogen (secondary N) is 2. The van der Waals surface area contributed by atoms with Crippen molar-refractivity contribution in [1.82, 2.24) is 15.6 Å². The van der Waals surface area contributed by atoms with Crippen LogP contribution in [-0.4, -0.2) is 28.6 Å². The van der Waals surface area contributed by atoms with Gasteiger partial charge in [0.15, 0.2) is 0 Å². The minimum atomic E-state index is -0.629. The van der Waals surface area contributed by atoms with Crippen LogP contribution in [0.2, 0.25) is 0 Å². The number of aryl methyl sites for hydroxylation is 1. The monoisotopic (exact) mass is 477 g/mol. The van der Waals surface area contributed by atoms with Gasteiger partial charge < -0.3 is 15.7 Å². The van der Waals surface area contributed by atoms with E-state index < -0.39 is 12.1 Å². The largest absolute Gasteiger partial charge is 0.390 e. The number of hydrogen-bond donors (Lipinski definition) is 3. The van der Waals surface area contributed by atoms with E-state index in [1.54, 1.807) is 6.20 Å². The van der Waals surface area contributed by atoms with Gasteiger partial charge in [-0.15, -0.1) is 0 Å². The molecular weight excluding hydrogens is 446 g/mol. The Labute approximate surface area is 212 Å². The average Bonchev–Trinajstić information content (AvgIpc) is 3.23. The molecule has 0 radical (unpaired) electrons. The minimum absolute atomic E-state index is 0.176. The number of aromatic nitrogens is 1. The van der Waals surface area contributed by atoms with E-state index in [1.165, 1.54) is 5.56 Å². The van der Waals surface area contributed by atoms with Crippen LogP contribution in [0.25, 0.3) is 11.1 Å². The molecule has 182 valence electrons. The Morgan fingerprint density at radius 1 is 0.917 bits per heavy atom. The summed E-state index contributed by atoms with van der Waals surface area (Å²) in [7, 11) is 0. The highest BCUT2D eigenvalue weighted by atomic mass is 16.3. The molecule has 0 saturated carbocycles. The van der Waals surface area contributed by atoms with E-state index in [2.05, 4.69) is 39.9 Å². The number of aliphatic hydroxyl groups excluding tert-OH is 1. The van der Waals surface area contributed by atoms with E-state index in [0.29, 0.717) is 12.0 Å². The molecule has 0 unspecified atom stereocenters. The van der Waals surface area contributed by atoms with Crippen molar-refractivity contribution in [2.45, 2.75) is 38.0 Å². The van der Waals surface area contributed by atoms with Crippen LogP contribution in [0.15, 0.2) is 97.3 Å². The summed E-state index contributed by atoms with van der Waals surface area (Å²) in [5, 5.41) is 17.3. The van der Waals surface area contributed by atoms with Crippen LogP contribution in [-0.2, 0) is 19.4 Å². The quantitative estimate of drug-likeness (QED) is 0.301. The van der Waals surface area contributed by atoms with Gasteiger partial charge in [0, 0.05) is 30.9 Å². The molecule has 1 aliphatic carbocycles. The van der Waals surface area contributed by atoms with Gasteiger partial charge in [-0.2, -0.15) is 0 Å². The molecule has 36 heavy (non-hydrogen) atoms. The standard InChI is InChI=1S/C31H31N3O2/c35-29-19-27-11-10-23(21-33-17-5-7-22-6-4-16-32-20-22)18-28(27)30(29)34-31(36)26-14-12-25(13-15-26)24-8-2-1-3-9-24/h1-4,6,8-16,18,20,29-30,33,35H,5,7,17,19,21H2,(H,34,36)/t29-,30-/m1/s1. The van der Waals surface area contributed by atoms with Crippen LogP contribution >= 0.6 is 0 Å². The number of rotatable bonds is 9. The van der Waals surface area contributed by atoms with Gasteiger partial charge in [0.2, 0.25) is 0 Å². The van der Waals surface area contributed by atoms with Crippen LogP contribution < -0.4 is 10.6 Å². The number of amides is 1. The van der Waals surface area contributed by atoms with Gasteiger partial charge in [0.1, 0.15) is 0 Å². The van der Waals surface area contributed by atoms with Crippen LogP contribution in [0.5, 0.6) is 0 Å². The summed E-state index contributed by atoms with van der Waals surface area (Å²) >= 11 is 0. The molecule has 5 rings (SSSR count). The van der Waals surface area contributed by atoms with Crippen molar-refractivity contribution in [3.63, 3.8) is 0 Å². The molecule has 1 heterocycles. The Kier molecular flexibility index (Phi) is 7.50. The van der Waals surface area contributed by atoms with Crippen molar-refractivity contribution in [2.24, 2.45) is 0 Å². The van der Waals surface area contributed by atoms with Gasteiger partial charge in [0.25, 0.3) is 5.91 Å². The SMILES string of the molecule is O=C(N[C@@H]1c2cc(CNCCCc3cccnc3)ccc2C[C@H]1O)c1ccc(-c2ccccc2)cc1. The van der Waals surface area contributed by atoms with E-state index in [0.717, 1.165) is 53.7 Å². The summed E-state index contributed by atoms with van der Waals surface area (Å²) in [5.41, 5.74) is 7.26. The lowest BCUT2D eigenvalue weighted by molar-refractivity contribution is 0.0858. The maximum absolute atomic E-state index is 13.0. The van der Waals surface area contributed by atoms with Gasteiger partial charge in [-0.3, -0.25) is 9.78 Å². The second kappa shape index (κ2) is 11.3. The van der Waals surface area contributed by atoms with Gasteiger partial charge in [0.05, 0.1) is 12.1 Å².